The van der Waals surface area contributed by atoms with Gasteiger partial charge in [-0.3, -0.25) is 14.9 Å². The van der Waals surface area contributed by atoms with Gasteiger partial charge in [0.2, 0.25) is 0 Å². The molecule has 0 saturated carbocycles. The van der Waals surface area contributed by atoms with Crippen LogP contribution in [0.2, 0.25) is 0 Å². The van der Waals surface area contributed by atoms with Gasteiger partial charge in [-0.25, -0.2) is 9.97 Å². The Bertz CT molecular complexity index is 1390. The van der Waals surface area contributed by atoms with Gasteiger partial charge in [-0.15, -0.1) is 11.3 Å². The number of carbonyl (C=O) groups excluding carboxylic acids is 1. The van der Waals surface area contributed by atoms with E-state index in [1.165, 1.54) is 40.3 Å². The molecule has 178 valence electrons. The van der Waals surface area contributed by atoms with E-state index in [2.05, 4.69) is 30.9 Å². The number of non-ortho nitro benzene ring substituents is 1. The molecule has 0 unspecified atom stereocenters. The van der Waals surface area contributed by atoms with E-state index in [0.29, 0.717) is 38.2 Å². The highest BCUT2D eigenvalue weighted by atomic mass is 32.1. The standard InChI is InChI=1S/C26H25N5O3S/c1-17-18(2)35-25-23(17)24(27-22(28-25)16-19-6-4-3-5-7-19)29-12-14-30(15-13-29)26(32)20-8-10-21(11-9-20)31(33)34/h3-11H,12-16H2,1-2H3. The molecule has 4 aromatic rings. The normalized spacial score (nSPS) is 13.9. The van der Waals surface area contributed by atoms with Crippen molar-refractivity contribution in [3.05, 3.63) is 92.1 Å². The van der Waals surface area contributed by atoms with Crippen LogP contribution in [-0.2, 0) is 6.42 Å². The number of aryl methyl sites for hydroxylation is 2. The molecular formula is C26H25N5O3S. The Morgan fingerprint density at radius 3 is 2.34 bits per heavy atom. The number of nitrogens with zero attached hydrogens (tertiary/aromatic N) is 5. The molecule has 5 rings (SSSR count). The monoisotopic (exact) mass is 487 g/mol. The number of fused-ring (bicyclic) bond motifs is 1. The minimum atomic E-state index is -0.463. The summed E-state index contributed by atoms with van der Waals surface area (Å²) in [6.07, 6.45) is 0.665. The topological polar surface area (TPSA) is 92.5 Å². The molecule has 1 saturated heterocycles. The first-order valence-electron chi connectivity index (χ1n) is 11.5. The van der Waals surface area contributed by atoms with Crippen LogP contribution in [-0.4, -0.2) is 51.9 Å². The van der Waals surface area contributed by atoms with Gasteiger partial charge in [-0.05, 0) is 37.1 Å². The second kappa shape index (κ2) is 9.42. The molecule has 1 amide bonds. The quantitative estimate of drug-likeness (QED) is 0.297. The van der Waals surface area contributed by atoms with Gasteiger partial charge in [-0.2, -0.15) is 0 Å². The van der Waals surface area contributed by atoms with E-state index in [0.717, 1.165) is 21.9 Å². The maximum atomic E-state index is 13.0. The molecule has 1 aliphatic rings. The van der Waals surface area contributed by atoms with Crippen LogP contribution in [0.25, 0.3) is 10.2 Å². The fraction of sp³-hybridized carbons (Fsp3) is 0.269. The van der Waals surface area contributed by atoms with Gasteiger partial charge in [-0.1, -0.05) is 30.3 Å². The lowest BCUT2D eigenvalue weighted by Crippen LogP contribution is -2.49. The minimum Gasteiger partial charge on any atom is -0.352 e. The minimum absolute atomic E-state index is 0.0214. The molecule has 0 atom stereocenters. The van der Waals surface area contributed by atoms with Gasteiger partial charge in [0.25, 0.3) is 11.6 Å². The Hall–Kier alpha value is -3.85. The predicted octanol–water partition coefficient (Wildman–Crippen LogP) is 4.77. The Kier molecular flexibility index (Phi) is 6.17. The van der Waals surface area contributed by atoms with Crippen molar-refractivity contribution < 1.29 is 9.72 Å². The summed E-state index contributed by atoms with van der Waals surface area (Å²) in [7, 11) is 0. The molecule has 35 heavy (non-hydrogen) atoms. The average molecular weight is 488 g/mol. The van der Waals surface area contributed by atoms with Gasteiger partial charge >= 0.3 is 0 Å². The molecular weight excluding hydrogens is 462 g/mol. The molecule has 0 radical (unpaired) electrons. The zero-order valence-electron chi connectivity index (χ0n) is 19.6. The number of benzene rings is 2. The van der Waals surface area contributed by atoms with E-state index in [-0.39, 0.29) is 11.6 Å². The number of nitro groups is 1. The Morgan fingerprint density at radius 1 is 1.00 bits per heavy atom. The number of rotatable bonds is 5. The third-order valence-corrected chi connectivity index (χ3v) is 7.55. The third-order valence-electron chi connectivity index (χ3n) is 6.45. The molecule has 3 heterocycles. The molecule has 0 bridgehead atoms. The highest BCUT2D eigenvalue weighted by Crippen LogP contribution is 2.35. The van der Waals surface area contributed by atoms with Crippen molar-refractivity contribution in [1.82, 2.24) is 14.9 Å². The number of nitro benzene ring substituents is 1. The Balaban J connectivity index is 1.38. The highest BCUT2D eigenvalue weighted by molar-refractivity contribution is 7.18. The SMILES string of the molecule is Cc1sc2nc(Cc3ccccc3)nc(N3CCN(C(=O)c4ccc([N+](=O)[O-])cc4)CC3)c2c1C. The summed E-state index contributed by atoms with van der Waals surface area (Å²) in [6, 6.07) is 16.0. The van der Waals surface area contributed by atoms with Crippen molar-refractivity contribution in [2.24, 2.45) is 0 Å². The Morgan fingerprint density at radius 2 is 1.69 bits per heavy atom. The molecule has 2 aromatic heterocycles. The zero-order chi connectivity index (χ0) is 24.5. The van der Waals surface area contributed by atoms with E-state index in [9.17, 15) is 14.9 Å². The zero-order valence-corrected chi connectivity index (χ0v) is 20.4. The second-order valence-corrected chi connectivity index (χ2v) is 9.88. The maximum absolute atomic E-state index is 13.0. The van der Waals surface area contributed by atoms with Crippen molar-refractivity contribution in [3.63, 3.8) is 0 Å². The first kappa shape index (κ1) is 22.9. The van der Waals surface area contributed by atoms with E-state index in [1.807, 2.05) is 18.2 Å². The van der Waals surface area contributed by atoms with Crippen LogP contribution in [0.15, 0.2) is 54.6 Å². The summed E-state index contributed by atoms with van der Waals surface area (Å²) in [4.78, 5) is 39.6. The van der Waals surface area contributed by atoms with Crippen LogP contribution in [0.1, 0.15) is 32.2 Å². The Labute approximate surface area is 207 Å². The summed E-state index contributed by atoms with van der Waals surface area (Å²) in [5.41, 5.74) is 2.81. The molecule has 0 aliphatic carbocycles. The fourth-order valence-electron chi connectivity index (χ4n) is 4.39. The van der Waals surface area contributed by atoms with Crippen molar-refractivity contribution in [3.8, 4) is 0 Å². The number of piperazine rings is 1. The van der Waals surface area contributed by atoms with Gasteiger partial charge in [0, 0.05) is 55.2 Å². The van der Waals surface area contributed by atoms with Crippen LogP contribution in [0.5, 0.6) is 0 Å². The molecule has 9 heteroatoms. The lowest BCUT2D eigenvalue weighted by molar-refractivity contribution is -0.384. The van der Waals surface area contributed by atoms with Crippen LogP contribution < -0.4 is 4.90 Å². The number of thiophene rings is 1. The molecule has 2 aromatic carbocycles. The summed E-state index contributed by atoms with van der Waals surface area (Å²) in [5, 5.41) is 12.0. The van der Waals surface area contributed by atoms with Crippen LogP contribution >= 0.6 is 11.3 Å². The fourth-order valence-corrected chi connectivity index (χ4v) is 5.43. The maximum Gasteiger partial charge on any atom is 0.269 e. The first-order valence-corrected chi connectivity index (χ1v) is 12.3. The van der Waals surface area contributed by atoms with E-state index < -0.39 is 4.92 Å². The third kappa shape index (κ3) is 4.59. The summed E-state index contributed by atoms with van der Waals surface area (Å²) in [5.74, 6) is 1.62. The largest absolute Gasteiger partial charge is 0.352 e. The van der Waals surface area contributed by atoms with E-state index >= 15 is 0 Å². The number of anilines is 1. The van der Waals surface area contributed by atoms with Gasteiger partial charge < -0.3 is 9.80 Å². The summed E-state index contributed by atoms with van der Waals surface area (Å²) in [6.45, 7) is 6.65. The van der Waals surface area contributed by atoms with Crippen molar-refractivity contribution in [1.29, 1.82) is 0 Å². The smallest absolute Gasteiger partial charge is 0.269 e. The van der Waals surface area contributed by atoms with Crippen molar-refractivity contribution in [2.45, 2.75) is 20.3 Å². The summed E-state index contributed by atoms with van der Waals surface area (Å²) >= 11 is 1.70. The molecule has 0 spiro atoms. The number of carbonyl (C=O) groups is 1. The molecule has 0 N–H and O–H groups in total. The first-order chi connectivity index (χ1) is 16.9. The molecule has 1 aliphatic heterocycles. The lowest BCUT2D eigenvalue weighted by atomic mass is 10.1. The predicted molar refractivity (Wildman–Crippen MR) is 137 cm³/mol. The number of hydrogen-bond acceptors (Lipinski definition) is 7. The molecule has 8 nitrogen and oxygen atoms in total. The number of hydrogen-bond donors (Lipinski definition) is 0. The van der Waals surface area contributed by atoms with Crippen LogP contribution in [0.3, 0.4) is 0 Å². The average Bonchev–Trinajstić information content (AvgIpc) is 3.17. The van der Waals surface area contributed by atoms with Gasteiger partial charge in [0.1, 0.15) is 16.5 Å². The van der Waals surface area contributed by atoms with Gasteiger partial charge in [0.05, 0.1) is 10.3 Å². The van der Waals surface area contributed by atoms with E-state index in [1.54, 1.807) is 16.2 Å². The summed E-state index contributed by atoms with van der Waals surface area (Å²) < 4.78 is 0. The number of aromatic nitrogens is 2. The second-order valence-electron chi connectivity index (χ2n) is 8.67. The lowest BCUT2D eigenvalue weighted by Gasteiger charge is -2.36. The van der Waals surface area contributed by atoms with Gasteiger partial charge in [0.15, 0.2) is 0 Å². The highest BCUT2D eigenvalue weighted by Gasteiger charge is 2.26. The van der Waals surface area contributed by atoms with Crippen molar-refractivity contribution in [2.75, 3.05) is 31.1 Å². The molecule has 1 fully saturated rings. The van der Waals surface area contributed by atoms with E-state index in [4.69, 9.17) is 9.97 Å². The van der Waals surface area contributed by atoms with Crippen LogP contribution in [0.4, 0.5) is 11.5 Å². The number of amides is 1. The van der Waals surface area contributed by atoms with Crippen molar-refractivity contribution >= 4 is 39.0 Å². The van der Waals surface area contributed by atoms with Crippen LogP contribution in [0, 0.1) is 24.0 Å².